The van der Waals surface area contributed by atoms with Gasteiger partial charge in [-0.3, -0.25) is 14.4 Å². The molecule has 0 fully saturated rings. The molecule has 0 aliphatic rings. The first-order chi connectivity index (χ1) is 40.0. The molecule has 0 saturated carbocycles. The Morgan fingerprint density at radius 3 is 0.741 bits per heavy atom. The summed E-state index contributed by atoms with van der Waals surface area (Å²) in [6, 6.07) is 0. The molecule has 81 heavy (non-hydrogen) atoms. The van der Waals surface area contributed by atoms with E-state index < -0.39 is 6.10 Å². The molecule has 6 nitrogen and oxygen atoms in total. The smallest absolute Gasteiger partial charge is 0.306 e. The molecule has 0 bridgehead atoms. The third-order valence-corrected chi connectivity index (χ3v) is 15.7. The summed E-state index contributed by atoms with van der Waals surface area (Å²) >= 11 is 0. The topological polar surface area (TPSA) is 78.9 Å². The Balaban J connectivity index is 4.20. The van der Waals surface area contributed by atoms with Crippen molar-refractivity contribution in [1.29, 1.82) is 0 Å². The molecular formula is C75H134O6. The predicted molar refractivity (Wildman–Crippen MR) is 353 cm³/mol. The normalized spacial score (nSPS) is 12.5. The summed E-state index contributed by atoms with van der Waals surface area (Å²) in [4.78, 5) is 38.4. The van der Waals surface area contributed by atoms with Gasteiger partial charge < -0.3 is 14.2 Å². The molecule has 0 aromatic carbocycles. The molecule has 0 N–H and O–H groups in total. The van der Waals surface area contributed by atoms with Gasteiger partial charge in [0.2, 0.25) is 0 Å². The molecule has 0 aliphatic carbocycles. The number of hydrogen-bond acceptors (Lipinski definition) is 6. The van der Waals surface area contributed by atoms with Crippen LogP contribution in [0.4, 0.5) is 0 Å². The summed E-state index contributed by atoms with van der Waals surface area (Å²) in [6.45, 7) is 6.61. The zero-order valence-corrected chi connectivity index (χ0v) is 54.1. The first-order valence-electron chi connectivity index (χ1n) is 35.4. The fourth-order valence-electron chi connectivity index (χ4n) is 10.3. The predicted octanol–water partition coefficient (Wildman–Crippen LogP) is 24.4. The number of carbonyl (C=O) groups excluding carboxylic acids is 3. The number of rotatable bonds is 65. The maximum absolute atomic E-state index is 12.9. The van der Waals surface area contributed by atoms with Crippen molar-refractivity contribution >= 4 is 17.9 Å². The second-order valence-electron chi connectivity index (χ2n) is 23.8. The van der Waals surface area contributed by atoms with E-state index >= 15 is 0 Å². The molecule has 0 rings (SSSR count). The minimum Gasteiger partial charge on any atom is -0.462 e. The van der Waals surface area contributed by atoms with Gasteiger partial charge in [0, 0.05) is 19.3 Å². The Morgan fingerprint density at radius 1 is 0.247 bits per heavy atom. The van der Waals surface area contributed by atoms with Gasteiger partial charge in [0.1, 0.15) is 13.2 Å². The summed E-state index contributed by atoms with van der Waals surface area (Å²) in [5.41, 5.74) is 0. The third kappa shape index (κ3) is 67.5. The maximum atomic E-state index is 12.9. The van der Waals surface area contributed by atoms with Crippen molar-refractivity contribution in [3.05, 3.63) is 72.9 Å². The fraction of sp³-hybridized carbons (Fsp3) is 0.800. The highest BCUT2D eigenvalue weighted by Gasteiger charge is 2.19. The number of unbranched alkanes of at least 4 members (excludes halogenated alkanes) is 42. The lowest BCUT2D eigenvalue weighted by molar-refractivity contribution is -0.167. The molecule has 470 valence electrons. The van der Waals surface area contributed by atoms with Crippen LogP contribution in [0.5, 0.6) is 0 Å². The van der Waals surface area contributed by atoms with E-state index in [1.165, 1.54) is 238 Å². The average molecular weight is 1130 g/mol. The van der Waals surface area contributed by atoms with E-state index in [2.05, 4.69) is 93.7 Å². The van der Waals surface area contributed by atoms with Gasteiger partial charge in [-0.25, -0.2) is 0 Å². The molecule has 0 amide bonds. The number of carbonyl (C=O) groups is 3. The van der Waals surface area contributed by atoms with E-state index in [0.29, 0.717) is 19.3 Å². The molecule has 6 heteroatoms. The van der Waals surface area contributed by atoms with Crippen LogP contribution in [-0.2, 0) is 28.6 Å². The Morgan fingerprint density at radius 2 is 0.457 bits per heavy atom. The van der Waals surface area contributed by atoms with Gasteiger partial charge in [0.25, 0.3) is 0 Å². The van der Waals surface area contributed by atoms with Gasteiger partial charge in [0.05, 0.1) is 0 Å². The zero-order chi connectivity index (χ0) is 58.5. The molecular weight excluding hydrogens is 997 g/mol. The standard InChI is InChI=1S/C75H134O6/c1-4-7-10-13-16-19-22-24-26-28-30-32-34-35-36-37-38-39-41-42-44-46-48-50-53-56-59-62-65-68-74(77)80-71-72(70-79-73(76)67-64-61-58-55-52-21-18-15-12-9-6-3)81-75(78)69-66-63-60-57-54-51-49-47-45-43-40-33-31-29-27-25-23-20-17-14-11-8-5-2/h15,18,22-25,28-31,40,43,72H,4-14,16-17,19-21,26-27,32-39,41-42,44-71H2,1-3H3/b18-15-,24-22-,25-23-,30-28-,31-29-,43-40-. The van der Waals surface area contributed by atoms with Crippen molar-refractivity contribution in [2.45, 2.75) is 374 Å². The Kier molecular flexibility index (Phi) is 66.6. The Hall–Kier alpha value is -3.15. The highest BCUT2D eigenvalue weighted by atomic mass is 16.6. The summed E-state index contributed by atoms with van der Waals surface area (Å²) in [5.74, 6) is -0.878. The second-order valence-corrected chi connectivity index (χ2v) is 23.8. The van der Waals surface area contributed by atoms with Crippen molar-refractivity contribution in [2.24, 2.45) is 0 Å². The highest BCUT2D eigenvalue weighted by molar-refractivity contribution is 5.71. The van der Waals surface area contributed by atoms with Crippen LogP contribution in [0.2, 0.25) is 0 Å². The molecule has 1 unspecified atom stereocenters. The van der Waals surface area contributed by atoms with Gasteiger partial charge in [-0.1, -0.05) is 312 Å². The van der Waals surface area contributed by atoms with Crippen molar-refractivity contribution in [2.75, 3.05) is 13.2 Å². The number of esters is 3. The molecule has 0 saturated heterocycles. The quantitative estimate of drug-likeness (QED) is 0.0261. The number of hydrogen-bond donors (Lipinski definition) is 0. The molecule has 0 aromatic heterocycles. The first kappa shape index (κ1) is 77.9. The molecule has 1 atom stereocenters. The maximum Gasteiger partial charge on any atom is 0.306 e. The minimum absolute atomic E-state index is 0.0783. The van der Waals surface area contributed by atoms with E-state index in [1.807, 2.05) is 0 Å². The largest absolute Gasteiger partial charge is 0.462 e. The lowest BCUT2D eigenvalue weighted by Gasteiger charge is -2.18. The zero-order valence-electron chi connectivity index (χ0n) is 54.1. The average Bonchev–Trinajstić information content (AvgIpc) is 3.47. The SMILES string of the molecule is CCCC/C=C\CCCCCCCC(=O)OCC(COC(=O)CCCCCCCCCCCCCCCCCCC/C=C\C/C=C\CCCCCCC)OC(=O)CCCCCCCCCC/C=C\C/C=C\C/C=C\CCCCCCC. The Labute approximate surface area is 503 Å². The first-order valence-corrected chi connectivity index (χ1v) is 35.4. The van der Waals surface area contributed by atoms with Crippen molar-refractivity contribution in [3.8, 4) is 0 Å². The van der Waals surface area contributed by atoms with Gasteiger partial charge in [-0.15, -0.1) is 0 Å². The molecule has 0 radical (unpaired) electrons. The van der Waals surface area contributed by atoms with Gasteiger partial charge in [-0.2, -0.15) is 0 Å². The monoisotopic (exact) mass is 1130 g/mol. The van der Waals surface area contributed by atoms with Crippen molar-refractivity contribution in [1.82, 2.24) is 0 Å². The van der Waals surface area contributed by atoms with E-state index in [9.17, 15) is 14.4 Å². The van der Waals surface area contributed by atoms with Crippen LogP contribution in [0.1, 0.15) is 367 Å². The van der Waals surface area contributed by atoms with Crippen LogP contribution in [0.3, 0.4) is 0 Å². The van der Waals surface area contributed by atoms with Crippen LogP contribution >= 0.6 is 0 Å². The van der Waals surface area contributed by atoms with Gasteiger partial charge in [-0.05, 0) is 109 Å². The van der Waals surface area contributed by atoms with Crippen LogP contribution in [0.15, 0.2) is 72.9 Å². The molecule has 0 spiro atoms. The van der Waals surface area contributed by atoms with Crippen LogP contribution < -0.4 is 0 Å². The number of allylic oxidation sites excluding steroid dienone is 12. The summed E-state index contributed by atoms with van der Waals surface area (Å²) in [6.07, 6.45) is 90.8. The van der Waals surface area contributed by atoms with Gasteiger partial charge >= 0.3 is 17.9 Å². The Bertz CT molecular complexity index is 1490. The highest BCUT2D eigenvalue weighted by Crippen LogP contribution is 2.17. The van der Waals surface area contributed by atoms with E-state index in [0.717, 1.165) is 89.9 Å². The van der Waals surface area contributed by atoms with E-state index in [4.69, 9.17) is 14.2 Å². The number of ether oxygens (including phenoxy) is 3. The van der Waals surface area contributed by atoms with Crippen LogP contribution in [-0.4, -0.2) is 37.2 Å². The van der Waals surface area contributed by atoms with Crippen LogP contribution in [0, 0.1) is 0 Å². The van der Waals surface area contributed by atoms with Crippen molar-refractivity contribution < 1.29 is 28.6 Å². The van der Waals surface area contributed by atoms with E-state index in [1.54, 1.807) is 0 Å². The fourth-order valence-corrected chi connectivity index (χ4v) is 10.3. The third-order valence-electron chi connectivity index (χ3n) is 15.7. The van der Waals surface area contributed by atoms with Gasteiger partial charge in [0.15, 0.2) is 6.10 Å². The summed E-state index contributed by atoms with van der Waals surface area (Å²) in [7, 11) is 0. The van der Waals surface area contributed by atoms with E-state index in [-0.39, 0.29) is 31.1 Å². The molecule has 0 aliphatic heterocycles. The lowest BCUT2D eigenvalue weighted by atomic mass is 10.0. The second kappa shape index (κ2) is 69.3. The lowest BCUT2D eigenvalue weighted by Crippen LogP contribution is -2.30. The summed E-state index contributed by atoms with van der Waals surface area (Å²) in [5, 5.41) is 0. The van der Waals surface area contributed by atoms with Crippen LogP contribution in [0.25, 0.3) is 0 Å². The molecule has 0 heterocycles. The van der Waals surface area contributed by atoms with Crippen molar-refractivity contribution in [3.63, 3.8) is 0 Å². The minimum atomic E-state index is -0.783. The molecule has 0 aromatic rings. The summed E-state index contributed by atoms with van der Waals surface area (Å²) < 4.78 is 16.9.